The number of ether oxygens (including phenoxy) is 1. The van der Waals surface area contributed by atoms with Crippen LogP contribution in [-0.2, 0) is 9.53 Å². The minimum atomic E-state index is -0.303. The van der Waals surface area contributed by atoms with Gasteiger partial charge in [0.1, 0.15) is 0 Å². The zero-order valence-electron chi connectivity index (χ0n) is 10.5. The first-order chi connectivity index (χ1) is 8.03. The average Bonchev–Trinajstić information content (AvgIpc) is 2.35. The van der Waals surface area contributed by atoms with Gasteiger partial charge in [-0.25, -0.2) is 4.79 Å². The molecular formula is C14H18O2S. The molecule has 1 aromatic carbocycles. The molecule has 0 radical (unpaired) electrons. The molecule has 0 aliphatic rings. The fourth-order valence-electron chi connectivity index (χ4n) is 1.20. The Balaban J connectivity index is 2.50. The number of rotatable bonds is 5. The average molecular weight is 250 g/mol. The molecule has 1 rings (SSSR count). The van der Waals surface area contributed by atoms with Crippen molar-refractivity contribution in [2.75, 3.05) is 12.9 Å². The van der Waals surface area contributed by atoms with Gasteiger partial charge in [0.2, 0.25) is 0 Å². The van der Waals surface area contributed by atoms with E-state index in [0.717, 1.165) is 5.75 Å². The molecule has 0 aromatic heterocycles. The Bertz CT molecular complexity index is 382. The highest BCUT2D eigenvalue weighted by Crippen LogP contribution is 2.28. The number of methoxy groups -OCH3 is 1. The third kappa shape index (κ3) is 5.59. The third-order valence-corrected chi connectivity index (χ3v) is 3.72. The van der Waals surface area contributed by atoms with Crippen molar-refractivity contribution in [1.29, 1.82) is 0 Å². The van der Waals surface area contributed by atoms with E-state index in [4.69, 9.17) is 0 Å². The van der Waals surface area contributed by atoms with E-state index in [1.54, 1.807) is 11.8 Å². The van der Waals surface area contributed by atoms with Crippen LogP contribution in [0.1, 0.15) is 13.8 Å². The molecule has 0 heterocycles. The minimum absolute atomic E-state index is 0.0330. The molecule has 0 saturated carbocycles. The van der Waals surface area contributed by atoms with Crippen molar-refractivity contribution in [2.45, 2.75) is 18.7 Å². The van der Waals surface area contributed by atoms with Gasteiger partial charge in [-0.3, -0.25) is 0 Å². The van der Waals surface area contributed by atoms with E-state index < -0.39 is 0 Å². The van der Waals surface area contributed by atoms with Crippen LogP contribution in [0.4, 0.5) is 0 Å². The predicted octanol–water partition coefficient (Wildman–Crippen LogP) is 3.53. The lowest BCUT2D eigenvalue weighted by atomic mass is 9.96. The first kappa shape index (κ1) is 13.8. The van der Waals surface area contributed by atoms with Gasteiger partial charge in [0, 0.05) is 16.7 Å². The molecule has 1 aromatic rings. The van der Waals surface area contributed by atoms with E-state index in [1.165, 1.54) is 18.1 Å². The Kier molecular flexibility index (Phi) is 5.29. The second-order valence-electron chi connectivity index (χ2n) is 4.45. The smallest absolute Gasteiger partial charge is 0.330 e. The molecular weight excluding hydrogens is 232 g/mol. The van der Waals surface area contributed by atoms with Gasteiger partial charge >= 0.3 is 5.97 Å². The quantitative estimate of drug-likeness (QED) is 0.454. The Morgan fingerprint density at radius 1 is 1.35 bits per heavy atom. The summed E-state index contributed by atoms with van der Waals surface area (Å²) in [6.45, 7) is 4.20. The van der Waals surface area contributed by atoms with Crippen LogP contribution in [0, 0.1) is 5.41 Å². The van der Waals surface area contributed by atoms with Crippen LogP contribution in [0.3, 0.4) is 0 Å². The van der Waals surface area contributed by atoms with Crippen LogP contribution in [0.15, 0.2) is 47.4 Å². The van der Waals surface area contributed by atoms with Crippen LogP contribution in [0.25, 0.3) is 0 Å². The standard InChI is InChI=1S/C14H18O2S/c1-14(2,10-9-13(15)16-3)11-17-12-7-5-4-6-8-12/h4-10H,11H2,1-3H3. The summed E-state index contributed by atoms with van der Waals surface area (Å²) in [5, 5.41) is 0. The highest BCUT2D eigenvalue weighted by atomic mass is 32.2. The molecule has 0 bridgehead atoms. The maximum atomic E-state index is 11.0. The zero-order valence-corrected chi connectivity index (χ0v) is 11.3. The number of hydrogen-bond donors (Lipinski definition) is 0. The summed E-state index contributed by atoms with van der Waals surface area (Å²) in [7, 11) is 1.39. The molecule has 0 aliphatic heterocycles. The van der Waals surface area contributed by atoms with Gasteiger partial charge in [-0.1, -0.05) is 38.1 Å². The van der Waals surface area contributed by atoms with Gasteiger partial charge < -0.3 is 4.74 Å². The van der Waals surface area contributed by atoms with Gasteiger partial charge in [-0.15, -0.1) is 11.8 Å². The largest absolute Gasteiger partial charge is 0.466 e. The van der Waals surface area contributed by atoms with Gasteiger partial charge in [-0.05, 0) is 17.5 Å². The Labute approximate surface area is 107 Å². The van der Waals surface area contributed by atoms with E-state index in [9.17, 15) is 4.79 Å². The zero-order chi connectivity index (χ0) is 12.7. The predicted molar refractivity (Wildman–Crippen MR) is 72.1 cm³/mol. The van der Waals surface area contributed by atoms with Crippen LogP contribution in [0.5, 0.6) is 0 Å². The Morgan fingerprint density at radius 3 is 2.59 bits per heavy atom. The first-order valence-corrected chi connectivity index (χ1v) is 6.47. The molecule has 0 atom stereocenters. The van der Waals surface area contributed by atoms with Crippen molar-refractivity contribution in [3.63, 3.8) is 0 Å². The molecule has 2 nitrogen and oxygen atoms in total. The van der Waals surface area contributed by atoms with Crippen LogP contribution in [0.2, 0.25) is 0 Å². The fourth-order valence-corrected chi connectivity index (χ4v) is 2.18. The number of esters is 1. The molecule has 0 N–H and O–H groups in total. The van der Waals surface area contributed by atoms with Crippen molar-refractivity contribution in [3.05, 3.63) is 42.5 Å². The van der Waals surface area contributed by atoms with Crippen molar-refractivity contribution in [3.8, 4) is 0 Å². The highest BCUT2D eigenvalue weighted by molar-refractivity contribution is 7.99. The number of carbonyl (C=O) groups is 1. The van der Waals surface area contributed by atoms with Crippen molar-refractivity contribution in [1.82, 2.24) is 0 Å². The molecule has 3 heteroatoms. The van der Waals surface area contributed by atoms with E-state index in [1.807, 2.05) is 24.3 Å². The molecule has 0 aliphatic carbocycles. The molecule has 0 saturated heterocycles. The maximum absolute atomic E-state index is 11.0. The van der Waals surface area contributed by atoms with Crippen molar-refractivity contribution < 1.29 is 9.53 Å². The second-order valence-corrected chi connectivity index (χ2v) is 5.50. The number of hydrogen-bond acceptors (Lipinski definition) is 3. The summed E-state index contributed by atoms with van der Waals surface area (Å²) in [4.78, 5) is 12.3. The molecule has 17 heavy (non-hydrogen) atoms. The van der Waals surface area contributed by atoms with Crippen LogP contribution in [-0.4, -0.2) is 18.8 Å². The van der Waals surface area contributed by atoms with Crippen LogP contribution < -0.4 is 0 Å². The summed E-state index contributed by atoms with van der Waals surface area (Å²) < 4.78 is 4.58. The number of carbonyl (C=O) groups excluding carboxylic acids is 1. The summed E-state index contributed by atoms with van der Waals surface area (Å²) in [6, 6.07) is 10.2. The van der Waals surface area contributed by atoms with Gasteiger partial charge in [0.15, 0.2) is 0 Å². The normalized spacial score (nSPS) is 11.7. The minimum Gasteiger partial charge on any atom is -0.466 e. The van der Waals surface area contributed by atoms with E-state index in [2.05, 4.69) is 30.7 Å². The van der Waals surface area contributed by atoms with Crippen LogP contribution >= 0.6 is 11.8 Å². The highest BCUT2D eigenvalue weighted by Gasteiger charge is 2.14. The molecule has 0 unspecified atom stereocenters. The third-order valence-electron chi connectivity index (χ3n) is 2.23. The number of thioether (sulfide) groups is 1. The van der Waals surface area contributed by atoms with E-state index in [-0.39, 0.29) is 11.4 Å². The molecule has 0 amide bonds. The summed E-state index contributed by atoms with van der Waals surface area (Å²) in [5.74, 6) is 0.618. The van der Waals surface area contributed by atoms with Gasteiger partial charge in [-0.2, -0.15) is 0 Å². The second kappa shape index (κ2) is 6.50. The number of benzene rings is 1. The lowest BCUT2D eigenvalue weighted by Gasteiger charge is -2.19. The Morgan fingerprint density at radius 2 is 2.00 bits per heavy atom. The molecule has 0 spiro atoms. The van der Waals surface area contributed by atoms with E-state index in [0.29, 0.717) is 0 Å². The SMILES string of the molecule is COC(=O)C=CC(C)(C)CSc1ccccc1. The maximum Gasteiger partial charge on any atom is 0.330 e. The molecule has 92 valence electrons. The summed E-state index contributed by atoms with van der Waals surface area (Å²) >= 11 is 1.78. The first-order valence-electron chi connectivity index (χ1n) is 5.48. The fraction of sp³-hybridized carbons (Fsp3) is 0.357. The van der Waals surface area contributed by atoms with Crippen molar-refractivity contribution >= 4 is 17.7 Å². The number of allylic oxidation sites excluding steroid dienone is 1. The van der Waals surface area contributed by atoms with E-state index >= 15 is 0 Å². The lowest BCUT2D eigenvalue weighted by Crippen LogP contribution is -2.12. The topological polar surface area (TPSA) is 26.3 Å². The van der Waals surface area contributed by atoms with Crippen molar-refractivity contribution in [2.24, 2.45) is 5.41 Å². The van der Waals surface area contributed by atoms with Gasteiger partial charge in [0.25, 0.3) is 0 Å². The summed E-state index contributed by atoms with van der Waals surface area (Å²) in [6.07, 6.45) is 3.39. The summed E-state index contributed by atoms with van der Waals surface area (Å²) in [5.41, 5.74) is -0.0330. The van der Waals surface area contributed by atoms with Gasteiger partial charge in [0.05, 0.1) is 7.11 Å². The Hall–Kier alpha value is -1.22. The molecule has 0 fully saturated rings. The lowest BCUT2D eigenvalue weighted by molar-refractivity contribution is -0.134. The monoisotopic (exact) mass is 250 g/mol.